The molecule has 0 amide bonds. The minimum Gasteiger partial charge on any atom is -0.490 e. The standard InChI is InChI=1S/C7H7NO5S/c1-13-7-3-2-5(14(11)12)4-6(7)8(9)10/h2-4,14H,1H3. The van der Waals surface area contributed by atoms with Crippen LogP contribution in [0, 0.1) is 10.1 Å². The first-order valence-corrected chi connectivity index (χ1v) is 4.71. The molecular weight excluding hydrogens is 210 g/mol. The zero-order valence-electron chi connectivity index (χ0n) is 7.17. The SMILES string of the molecule is COc1ccc([SH](=O)=O)cc1[N+](=O)[O-]. The van der Waals surface area contributed by atoms with Gasteiger partial charge in [0.15, 0.2) is 16.5 Å². The highest BCUT2D eigenvalue weighted by Gasteiger charge is 2.15. The lowest BCUT2D eigenvalue weighted by Crippen LogP contribution is -1.94. The second-order valence-electron chi connectivity index (χ2n) is 2.37. The van der Waals surface area contributed by atoms with E-state index in [-0.39, 0.29) is 16.3 Å². The van der Waals surface area contributed by atoms with Gasteiger partial charge in [-0.05, 0) is 12.1 Å². The summed E-state index contributed by atoms with van der Waals surface area (Å²) in [7, 11) is -1.54. The molecular formula is C7H7NO5S. The molecule has 0 saturated heterocycles. The molecule has 6 nitrogen and oxygen atoms in total. The van der Waals surface area contributed by atoms with Gasteiger partial charge in [0, 0.05) is 6.07 Å². The van der Waals surface area contributed by atoms with Gasteiger partial charge in [-0.3, -0.25) is 10.1 Å². The zero-order valence-corrected chi connectivity index (χ0v) is 8.06. The van der Waals surface area contributed by atoms with Crippen LogP contribution in [0.1, 0.15) is 0 Å². The van der Waals surface area contributed by atoms with E-state index >= 15 is 0 Å². The number of nitro benzene ring substituents is 1. The average Bonchev–Trinajstić information content (AvgIpc) is 2.16. The highest BCUT2D eigenvalue weighted by molar-refractivity contribution is 7.72. The van der Waals surface area contributed by atoms with Gasteiger partial charge in [0.05, 0.1) is 16.9 Å². The minimum absolute atomic E-state index is 0.0376. The van der Waals surface area contributed by atoms with Crippen molar-refractivity contribution in [2.75, 3.05) is 7.11 Å². The third-order valence-corrected chi connectivity index (χ3v) is 2.27. The third kappa shape index (κ3) is 1.99. The van der Waals surface area contributed by atoms with E-state index in [0.717, 1.165) is 6.07 Å². The summed E-state index contributed by atoms with van der Waals surface area (Å²) in [4.78, 5) is 9.69. The summed E-state index contributed by atoms with van der Waals surface area (Å²) in [6.45, 7) is 0. The smallest absolute Gasteiger partial charge is 0.312 e. The van der Waals surface area contributed by atoms with Gasteiger partial charge in [-0.25, -0.2) is 8.42 Å². The fraction of sp³-hybridized carbons (Fsp3) is 0.143. The predicted molar refractivity (Wildman–Crippen MR) is 48.2 cm³/mol. The van der Waals surface area contributed by atoms with E-state index in [9.17, 15) is 18.5 Å². The van der Waals surface area contributed by atoms with Gasteiger partial charge in [-0.15, -0.1) is 0 Å². The summed E-state index contributed by atoms with van der Waals surface area (Å²) >= 11 is 0. The molecule has 0 saturated carbocycles. The first-order valence-electron chi connectivity index (χ1n) is 3.53. The Balaban J connectivity index is 3.35. The van der Waals surface area contributed by atoms with Crippen LogP contribution in [0.3, 0.4) is 0 Å². The average molecular weight is 217 g/mol. The molecule has 0 heterocycles. The van der Waals surface area contributed by atoms with Crippen molar-refractivity contribution in [1.29, 1.82) is 0 Å². The molecule has 0 N–H and O–H groups in total. The zero-order chi connectivity index (χ0) is 10.7. The third-order valence-electron chi connectivity index (χ3n) is 1.57. The Morgan fingerprint density at radius 1 is 1.43 bits per heavy atom. The van der Waals surface area contributed by atoms with Gasteiger partial charge in [0.2, 0.25) is 0 Å². The maximum Gasteiger partial charge on any atom is 0.312 e. The van der Waals surface area contributed by atoms with Crippen LogP contribution in [-0.2, 0) is 10.7 Å². The van der Waals surface area contributed by atoms with Crippen LogP contribution in [-0.4, -0.2) is 20.5 Å². The summed E-state index contributed by atoms with van der Waals surface area (Å²) in [6.07, 6.45) is 0. The molecule has 0 aromatic heterocycles. The van der Waals surface area contributed by atoms with Gasteiger partial charge in [0.25, 0.3) is 0 Å². The minimum atomic E-state index is -2.81. The van der Waals surface area contributed by atoms with Crippen molar-refractivity contribution in [2.45, 2.75) is 4.90 Å². The predicted octanol–water partition coefficient (Wildman–Crippen LogP) is 0.574. The number of ether oxygens (including phenoxy) is 1. The van der Waals surface area contributed by atoms with Gasteiger partial charge in [0.1, 0.15) is 0 Å². The lowest BCUT2D eigenvalue weighted by atomic mass is 10.3. The van der Waals surface area contributed by atoms with E-state index in [2.05, 4.69) is 0 Å². The number of hydrogen-bond acceptors (Lipinski definition) is 5. The number of benzene rings is 1. The van der Waals surface area contributed by atoms with Crippen molar-refractivity contribution in [1.82, 2.24) is 0 Å². The first kappa shape index (κ1) is 10.5. The van der Waals surface area contributed by atoms with E-state index < -0.39 is 15.6 Å². The topological polar surface area (TPSA) is 86.5 Å². The molecule has 14 heavy (non-hydrogen) atoms. The molecule has 0 aliphatic heterocycles. The van der Waals surface area contributed by atoms with Gasteiger partial charge in [-0.2, -0.15) is 0 Å². The van der Waals surface area contributed by atoms with E-state index in [1.165, 1.54) is 19.2 Å². The Labute approximate surface area is 81.2 Å². The highest BCUT2D eigenvalue weighted by atomic mass is 32.2. The molecule has 0 unspecified atom stereocenters. The maximum absolute atomic E-state index is 10.5. The Morgan fingerprint density at radius 3 is 2.50 bits per heavy atom. The molecule has 0 spiro atoms. The Bertz CT molecular complexity index is 432. The second-order valence-corrected chi connectivity index (χ2v) is 3.40. The Morgan fingerprint density at radius 2 is 2.07 bits per heavy atom. The van der Waals surface area contributed by atoms with Crippen LogP contribution in [0.25, 0.3) is 0 Å². The second kappa shape index (κ2) is 4.05. The van der Waals surface area contributed by atoms with E-state index in [4.69, 9.17) is 4.74 Å². The monoisotopic (exact) mass is 217 g/mol. The fourth-order valence-corrected chi connectivity index (χ4v) is 1.36. The van der Waals surface area contributed by atoms with Gasteiger partial charge < -0.3 is 4.74 Å². The summed E-state index contributed by atoms with van der Waals surface area (Å²) in [5, 5.41) is 10.5. The van der Waals surface area contributed by atoms with Crippen molar-refractivity contribution in [3.05, 3.63) is 28.3 Å². The molecule has 76 valence electrons. The summed E-state index contributed by atoms with van der Waals surface area (Å²) < 4.78 is 25.8. The molecule has 0 aliphatic rings. The molecule has 0 atom stereocenters. The number of rotatable bonds is 3. The van der Waals surface area contributed by atoms with Crippen LogP contribution in [0.5, 0.6) is 5.75 Å². The van der Waals surface area contributed by atoms with Crippen molar-refractivity contribution < 1.29 is 18.1 Å². The summed E-state index contributed by atoms with van der Waals surface area (Å²) in [5.41, 5.74) is -0.357. The molecule has 1 aromatic rings. The normalized spacial score (nSPS) is 10.1. The molecule has 0 bridgehead atoms. The lowest BCUT2D eigenvalue weighted by molar-refractivity contribution is -0.386. The fourth-order valence-electron chi connectivity index (χ4n) is 0.935. The lowest BCUT2D eigenvalue weighted by Gasteiger charge is -2.00. The summed E-state index contributed by atoms with van der Waals surface area (Å²) in [6, 6.07) is 3.46. The molecule has 0 aliphatic carbocycles. The Kier molecular flexibility index (Phi) is 3.03. The van der Waals surface area contributed by atoms with E-state index in [1.807, 2.05) is 0 Å². The van der Waals surface area contributed by atoms with Crippen LogP contribution >= 0.6 is 0 Å². The van der Waals surface area contributed by atoms with Crippen LogP contribution in [0.2, 0.25) is 0 Å². The van der Waals surface area contributed by atoms with Crippen LogP contribution < -0.4 is 4.74 Å². The van der Waals surface area contributed by atoms with Crippen LogP contribution in [0.4, 0.5) is 5.69 Å². The number of nitro groups is 1. The van der Waals surface area contributed by atoms with Crippen LogP contribution in [0.15, 0.2) is 23.1 Å². The number of methoxy groups -OCH3 is 1. The number of hydrogen-bond donors (Lipinski definition) is 1. The molecule has 0 fully saturated rings. The Hall–Kier alpha value is -1.63. The van der Waals surface area contributed by atoms with Gasteiger partial charge in [-0.1, -0.05) is 0 Å². The largest absolute Gasteiger partial charge is 0.490 e. The van der Waals surface area contributed by atoms with Crippen molar-refractivity contribution in [3.8, 4) is 5.75 Å². The number of thiol groups is 1. The molecule has 1 rings (SSSR count). The van der Waals surface area contributed by atoms with Crippen molar-refractivity contribution >= 4 is 16.4 Å². The van der Waals surface area contributed by atoms with Gasteiger partial charge >= 0.3 is 5.69 Å². The maximum atomic E-state index is 10.5. The van der Waals surface area contributed by atoms with E-state index in [1.54, 1.807) is 0 Å². The first-order chi connectivity index (χ1) is 6.56. The number of nitrogens with zero attached hydrogens (tertiary/aromatic N) is 1. The van der Waals surface area contributed by atoms with E-state index in [0.29, 0.717) is 0 Å². The van der Waals surface area contributed by atoms with Crippen molar-refractivity contribution in [3.63, 3.8) is 0 Å². The summed E-state index contributed by atoms with van der Waals surface area (Å²) in [5.74, 6) is 0.0376. The highest BCUT2D eigenvalue weighted by Crippen LogP contribution is 2.27. The molecule has 7 heteroatoms. The molecule has 1 aromatic carbocycles. The quantitative estimate of drug-likeness (QED) is 0.454. The van der Waals surface area contributed by atoms with Crippen molar-refractivity contribution in [2.24, 2.45) is 0 Å². The molecule has 0 radical (unpaired) electrons.